The molecule has 0 saturated carbocycles. The summed E-state index contributed by atoms with van der Waals surface area (Å²) in [4.78, 5) is 0. The van der Waals surface area contributed by atoms with Gasteiger partial charge in [-0.05, 0) is 68.4 Å². The van der Waals surface area contributed by atoms with Crippen molar-refractivity contribution in [2.24, 2.45) is 0 Å². The van der Waals surface area contributed by atoms with Crippen molar-refractivity contribution in [3.63, 3.8) is 0 Å². The van der Waals surface area contributed by atoms with Gasteiger partial charge in [0.25, 0.3) is 0 Å². The Hall–Kier alpha value is -0.490. The summed E-state index contributed by atoms with van der Waals surface area (Å²) >= 11 is 0. The van der Waals surface area contributed by atoms with Crippen molar-refractivity contribution in [2.75, 3.05) is 0 Å². The van der Waals surface area contributed by atoms with Crippen LogP contribution in [0.1, 0.15) is 76.2 Å². The van der Waals surface area contributed by atoms with Crippen molar-refractivity contribution in [3.05, 3.63) is 11.8 Å². The molecule has 0 amide bonds. The Morgan fingerprint density at radius 1 is 0.760 bits per heavy atom. The highest BCUT2D eigenvalue weighted by molar-refractivity contribution is 6.50. The maximum atomic E-state index is 6.18. The molecule has 2 fully saturated rings. The number of hydrogen-bond acceptors (Lipinski definition) is 5. The largest absolute Gasteiger partial charge is 0.713 e. The average Bonchev–Trinajstić information content (AvgIpc) is 2.67. The van der Waals surface area contributed by atoms with E-state index in [1.165, 1.54) is 0 Å². The minimum Gasteiger partial charge on any atom is -0.516 e. The highest BCUT2D eigenvalue weighted by Crippen LogP contribution is 2.46. The summed E-state index contributed by atoms with van der Waals surface area (Å²) in [6, 6.07) is 0. The smallest absolute Gasteiger partial charge is 0.516 e. The molecule has 2 saturated heterocycles. The SMILES string of the molecule is C/C(=C\C(C)(C)B1OC(C)(C)C(C)(C)O1)OB1OC(C)(C)C(C)(C)O1. The van der Waals surface area contributed by atoms with Crippen LogP contribution in [0.15, 0.2) is 11.8 Å². The third-order valence-corrected chi connectivity index (χ3v) is 5.95. The zero-order valence-corrected chi connectivity index (χ0v) is 17.8. The zero-order chi connectivity index (χ0) is 19.5. The van der Waals surface area contributed by atoms with Crippen LogP contribution in [-0.2, 0) is 23.3 Å². The highest BCUT2D eigenvalue weighted by Gasteiger charge is 2.57. The van der Waals surface area contributed by atoms with Gasteiger partial charge in [-0.15, -0.1) is 0 Å². The second kappa shape index (κ2) is 6.01. The Kier molecular flexibility index (Phi) is 5.01. The summed E-state index contributed by atoms with van der Waals surface area (Å²) in [6.45, 7) is 22.3. The van der Waals surface area contributed by atoms with E-state index in [4.69, 9.17) is 23.3 Å². The maximum Gasteiger partial charge on any atom is 0.713 e. The van der Waals surface area contributed by atoms with Crippen LogP contribution in [0.2, 0.25) is 5.31 Å². The Bertz CT molecular complexity index is 520. The molecule has 0 spiro atoms. The van der Waals surface area contributed by atoms with E-state index < -0.39 is 18.5 Å². The standard InChI is InChI=1S/C18H34B2O5/c1-13(21-20-24-17(8,9)18(10,11)25-20)12-14(2,3)19-22-15(4,5)16(6,7)23-19/h12H,1-11H3/b13-12+. The normalized spacial score (nSPS) is 27.7. The van der Waals surface area contributed by atoms with E-state index in [0.29, 0.717) is 0 Å². The minimum absolute atomic E-state index is 0.352. The predicted molar refractivity (Wildman–Crippen MR) is 101 cm³/mol. The van der Waals surface area contributed by atoms with Gasteiger partial charge < -0.3 is 23.3 Å². The molecule has 142 valence electrons. The van der Waals surface area contributed by atoms with Crippen molar-refractivity contribution < 1.29 is 23.3 Å². The van der Waals surface area contributed by atoms with E-state index in [9.17, 15) is 0 Å². The number of hydrogen-bond donors (Lipinski definition) is 0. The van der Waals surface area contributed by atoms with Crippen molar-refractivity contribution in [1.82, 2.24) is 0 Å². The van der Waals surface area contributed by atoms with Gasteiger partial charge in [0.15, 0.2) is 0 Å². The summed E-state index contributed by atoms with van der Waals surface area (Å²) in [5.74, 6) is 0.721. The lowest BCUT2D eigenvalue weighted by Crippen LogP contribution is -2.41. The lowest BCUT2D eigenvalue weighted by Gasteiger charge is -2.32. The molecule has 0 aromatic carbocycles. The van der Waals surface area contributed by atoms with Crippen LogP contribution in [-0.4, -0.2) is 36.8 Å². The van der Waals surface area contributed by atoms with Crippen LogP contribution in [0.4, 0.5) is 0 Å². The quantitative estimate of drug-likeness (QED) is 0.556. The molecule has 5 nitrogen and oxygen atoms in total. The van der Waals surface area contributed by atoms with Gasteiger partial charge in [0.05, 0.1) is 28.2 Å². The maximum absolute atomic E-state index is 6.18. The van der Waals surface area contributed by atoms with Crippen LogP contribution >= 0.6 is 0 Å². The van der Waals surface area contributed by atoms with Crippen LogP contribution < -0.4 is 0 Å². The zero-order valence-electron chi connectivity index (χ0n) is 17.8. The van der Waals surface area contributed by atoms with Gasteiger partial charge in [0.1, 0.15) is 0 Å². The first kappa shape index (κ1) is 20.8. The Balaban J connectivity index is 2.07. The first-order valence-corrected chi connectivity index (χ1v) is 9.07. The fourth-order valence-corrected chi connectivity index (χ4v) is 2.76. The van der Waals surface area contributed by atoms with Crippen LogP contribution in [0.25, 0.3) is 0 Å². The van der Waals surface area contributed by atoms with E-state index in [0.717, 1.165) is 5.76 Å². The molecule has 2 aliphatic heterocycles. The third kappa shape index (κ3) is 3.94. The van der Waals surface area contributed by atoms with Crippen molar-refractivity contribution in [1.29, 1.82) is 0 Å². The molecule has 0 aromatic heterocycles. The summed E-state index contributed by atoms with van der Waals surface area (Å²) in [5.41, 5.74) is -1.55. The van der Waals surface area contributed by atoms with Crippen molar-refractivity contribution in [3.8, 4) is 0 Å². The summed E-state index contributed by atoms with van der Waals surface area (Å²) in [5, 5.41) is -0.362. The first-order valence-electron chi connectivity index (χ1n) is 9.07. The van der Waals surface area contributed by atoms with E-state index in [-0.39, 0.29) is 23.6 Å². The summed E-state index contributed by atoms with van der Waals surface area (Å²) in [7, 11) is -1.07. The second-order valence-corrected chi connectivity index (χ2v) is 9.83. The molecular weight excluding hydrogens is 318 g/mol. The van der Waals surface area contributed by atoms with E-state index in [1.807, 2.05) is 40.7 Å². The monoisotopic (exact) mass is 352 g/mol. The lowest BCUT2D eigenvalue weighted by atomic mass is 9.59. The number of allylic oxidation sites excluding steroid dienone is 2. The first-order chi connectivity index (χ1) is 11.0. The molecule has 0 atom stereocenters. The topological polar surface area (TPSA) is 46.2 Å². The van der Waals surface area contributed by atoms with E-state index >= 15 is 0 Å². The highest BCUT2D eigenvalue weighted by atomic mass is 16.8. The molecule has 0 aromatic rings. The average molecular weight is 352 g/mol. The van der Waals surface area contributed by atoms with Gasteiger partial charge >= 0.3 is 14.4 Å². The fraction of sp³-hybridized carbons (Fsp3) is 0.889. The van der Waals surface area contributed by atoms with Crippen molar-refractivity contribution in [2.45, 2.75) is 104 Å². The van der Waals surface area contributed by atoms with Gasteiger partial charge in [0.2, 0.25) is 0 Å². The van der Waals surface area contributed by atoms with Crippen LogP contribution in [0, 0.1) is 0 Å². The van der Waals surface area contributed by atoms with Gasteiger partial charge in [0, 0.05) is 5.31 Å². The summed E-state index contributed by atoms with van der Waals surface area (Å²) < 4.78 is 30.0. The molecule has 0 bridgehead atoms. The lowest BCUT2D eigenvalue weighted by molar-refractivity contribution is 0.00578. The second-order valence-electron chi connectivity index (χ2n) is 9.83. The Morgan fingerprint density at radius 2 is 1.12 bits per heavy atom. The van der Waals surface area contributed by atoms with Crippen LogP contribution in [0.3, 0.4) is 0 Å². The summed E-state index contributed by atoms with van der Waals surface area (Å²) in [6.07, 6.45) is 2.01. The van der Waals surface area contributed by atoms with E-state index in [1.54, 1.807) is 0 Å². The molecular formula is C18H34B2O5. The van der Waals surface area contributed by atoms with Gasteiger partial charge in [-0.1, -0.05) is 13.8 Å². The third-order valence-electron chi connectivity index (χ3n) is 5.95. The Labute approximate surface area is 154 Å². The number of rotatable bonds is 4. The van der Waals surface area contributed by atoms with E-state index in [2.05, 4.69) is 41.5 Å². The van der Waals surface area contributed by atoms with Crippen molar-refractivity contribution >= 4 is 14.4 Å². The van der Waals surface area contributed by atoms with Gasteiger partial charge in [-0.3, -0.25) is 0 Å². The predicted octanol–water partition coefficient (Wildman–Crippen LogP) is 4.37. The minimum atomic E-state index is -0.713. The molecule has 0 aliphatic carbocycles. The fourth-order valence-electron chi connectivity index (χ4n) is 2.76. The molecule has 2 heterocycles. The molecule has 2 rings (SSSR count). The molecule has 2 aliphatic rings. The Morgan fingerprint density at radius 3 is 1.52 bits per heavy atom. The molecule has 0 radical (unpaired) electrons. The molecule has 0 unspecified atom stereocenters. The molecule has 7 heteroatoms. The van der Waals surface area contributed by atoms with Crippen LogP contribution in [0.5, 0.6) is 0 Å². The molecule has 25 heavy (non-hydrogen) atoms. The van der Waals surface area contributed by atoms with Gasteiger partial charge in [-0.2, -0.15) is 0 Å². The van der Waals surface area contributed by atoms with Gasteiger partial charge in [-0.25, -0.2) is 0 Å². The molecule has 0 N–H and O–H groups in total.